The molecule has 0 bridgehead atoms. The van der Waals surface area contributed by atoms with Crippen LogP contribution in [0.4, 0.5) is 23.7 Å². The third-order valence-electron chi connectivity index (χ3n) is 5.80. The van der Waals surface area contributed by atoms with E-state index in [1.165, 1.54) is 18.2 Å². The Hall–Kier alpha value is -3.02. The minimum Gasteiger partial charge on any atom is -0.448 e. The summed E-state index contributed by atoms with van der Waals surface area (Å²) < 4.78 is 71.4. The molecule has 6 nitrogen and oxygen atoms in total. The molecule has 202 valence electrons. The molecule has 0 fully saturated rings. The Labute approximate surface area is 226 Å². The molecule has 38 heavy (non-hydrogen) atoms. The Morgan fingerprint density at radius 3 is 2.34 bits per heavy atom. The second kappa shape index (κ2) is 11.0. The SMILES string of the molecule is CCC1=Nc2cc(C(F)(F)F)c(Cl)cc2[SH]1c1ccc(CCOC(=O)NS(=O)(=O)c2ccc(C)cc2)cc1. The highest BCUT2D eigenvalue weighted by atomic mass is 35.5. The quantitative estimate of drug-likeness (QED) is 0.288. The number of rotatable bonds is 7. The van der Waals surface area contributed by atoms with Gasteiger partial charge in [-0.3, -0.25) is 0 Å². The van der Waals surface area contributed by atoms with Gasteiger partial charge in [-0.25, -0.2) is 22.9 Å². The smallest absolute Gasteiger partial charge is 0.421 e. The largest absolute Gasteiger partial charge is 0.448 e. The number of nitrogens with zero attached hydrogens (tertiary/aromatic N) is 1. The number of alkyl halides is 3. The van der Waals surface area contributed by atoms with Crippen LogP contribution in [0.1, 0.15) is 30.0 Å². The highest BCUT2D eigenvalue weighted by molar-refractivity contribution is 8.30. The van der Waals surface area contributed by atoms with E-state index in [0.29, 0.717) is 17.7 Å². The van der Waals surface area contributed by atoms with Gasteiger partial charge in [-0.1, -0.05) is 48.4 Å². The molecular weight excluding hydrogens is 561 g/mol. The van der Waals surface area contributed by atoms with Crippen molar-refractivity contribution in [2.24, 2.45) is 4.99 Å². The molecule has 1 aliphatic rings. The zero-order chi connectivity index (χ0) is 27.7. The van der Waals surface area contributed by atoms with Gasteiger partial charge in [0.25, 0.3) is 10.0 Å². The second-order valence-corrected chi connectivity index (χ2v) is 12.8. The number of thiol groups is 1. The number of halogens is 4. The molecule has 12 heteroatoms. The normalized spacial score (nSPS) is 16.1. The van der Waals surface area contributed by atoms with Gasteiger partial charge in [0.15, 0.2) is 0 Å². The van der Waals surface area contributed by atoms with Crippen molar-refractivity contribution in [3.8, 4) is 0 Å². The van der Waals surface area contributed by atoms with Gasteiger partial charge in [0.1, 0.15) is 0 Å². The number of aryl methyl sites for hydroxylation is 1. The first kappa shape index (κ1) is 28.0. The van der Waals surface area contributed by atoms with E-state index in [9.17, 15) is 26.4 Å². The number of nitrogens with one attached hydrogen (secondary N) is 1. The first-order chi connectivity index (χ1) is 17.9. The van der Waals surface area contributed by atoms with Crippen LogP contribution in [0.25, 0.3) is 0 Å². The van der Waals surface area contributed by atoms with Gasteiger partial charge in [-0.15, -0.1) is 0 Å². The second-order valence-electron chi connectivity index (χ2n) is 8.51. The Bertz CT molecular complexity index is 1490. The lowest BCUT2D eigenvalue weighted by molar-refractivity contribution is -0.137. The molecule has 3 aromatic carbocycles. The highest BCUT2D eigenvalue weighted by Gasteiger charge is 2.36. The van der Waals surface area contributed by atoms with Crippen molar-refractivity contribution in [1.29, 1.82) is 0 Å². The minimum absolute atomic E-state index is 0.0445. The van der Waals surface area contributed by atoms with Crippen molar-refractivity contribution in [1.82, 2.24) is 4.72 Å². The van der Waals surface area contributed by atoms with Gasteiger partial charge >= 0.3 is 12.3 Å². The first-order valence-electron chi connectivity index (χ1n) is 11.5. The van der Waals surface area contributed by atoms with E-state index in [-0.39, 0.29) is 22.2 Å². The number of benzene rings is 3. The van der Waals surface area contributed by atoms with E-state index in [2.05, 4.69) is 4.99 Å². The molecular formula is C26H24ClF3N2O4S2. The standard InChI is InChI=1S/C26H24ClF3N2O4S2/c1-3-24-31-22-14-20(26(28,29)30)21(27)15-23(22)37(24)18-8-6-17(7-9-18)12-13-36-25(33)32-38(34,35)19-10-4-16(2)5-11-19/h4-11,14-15,37H,3,12-13H2,1-2H3,(H,32,33). The van der Waals surface area contributed by atoms with Crippen LogP contribution in [-0.2, 0) is 27.4 Å². The van der Waals surface area contributed by atoms with Crippen molar-refractivity contribution in [3.05, 3.63) is 82.4 Å². The fourth-order valence-electron chi connectivity index (χ4n) is 3.88. The fraction of sp³-hybridized carbons (Fsp3) is 0.231. The third kappa shape index (κ3) is 6.16. The van der Waals surface area contributed by atoms with Gasteiger partial charge in [0.05, 0.1) is 32.8 Å². The van der Waals surface area contributed by atoms with Crippen molar-refractivity contribution in [2.45, 2.75) is 47.6 Å². The minimum atomic E-state index is -4.56. The van der Waals surface area contributed by atoms with Crippen molar-refractivity contribution >= 4 is 49.3 Å². The Morgan fingerprint density at radius 1 is 1.08 bits per heavy atom. The first-order valence-corrected chi connectivity index (χ1v) is 14.7. The molecule has 1 aliphatic heterocycles. The predicted molar refractivity (Wildman–Crippen MR) is 142 cm³/mol. The Balaban J connectivity index is 1.40. The van der Waals surface area contributed by atoms with Crippen LogP contribution in [0, 0.1) is 6.92 Å². The molecule has 3 aromatic rings. The molecule has 1 N–H and O–H groups in total. The van der Waals surface area contributed by atoms with E-state index >= 15 is 0 Å². The maximum Gasteiger partial charge on any atom is 0.421 e. The van der Waals surface area contributed by atoms with Gasteiger partial charge < -0.3 is 4.74 Å². The summed E-state index contributed by atoms with van der Waals surface area (Å²) >= 11 is 5.98. The topological polar surface area (TPSA) is 84.8 Å². The highest BCUT2D eigenvalue weighted by Crippen LogP contribution is 2.57. The van der Waals surface area contributed by atoms with E-state index in [0.717, 1.165) is 27.1 Å². The predicted octanol–water partition coefficient (Wildman–Crippen LogP) is 7.20. The number of fused-ring (bicyclic) bond motifs is 1. The zero-order valence-corrected chi connectivity index (χ0v) is 22.8. The van der Waals surface area contributed by atoms with Gasteiger partial charge in [0.2, 0.25) is 0 Å². The van der Waals surface area contributed by atoms with Gasteiger partial charge in [0, 0.05) is 11.3 Å². The average Bonchev–Trinajstić information content (AvgIpc) is 3.20. The molecule has 0 aromatic heterocycles. The molecule has 1 atom stereocenters. The van der Waals surface area contributed by atoms with Crippen molar-refractivity contribution in [3.63, 3.8) is 0 Å². The summed E-state index contributed by atoms with van der Waals surface area (Å²) in [5.41, 5.74) is 1.10. The maximum atomic E-state index is 13.3. The van der Waals surface area contributed by atoms with E-state index in [1.807, 2.05) is 42.8 Å². The van der Waals surface area contributed by atoms with E-state index in [4.69, 9.17) is 16.3 Å². The monoisotopic (exact) mass is 584 g/mol. The van der Waals surface area contributed by atoms with Crippen LogP contribution >= 0.6 is 22.5 Å². The Morgan fingerprint density at radius 2 is 1.74 bits per heavy atom. The van der Waals surface area contributed by atoms with Gasteiger partial charge in [-0.05, 0) is 60.2 Å². The van der Waals surface area contributed by atoms with Crippen LogP contribution < -0.4 is 4.72 Å². The lowest BCUT2D eigenvalue weighted by Crippen LogP contribution is -2.31. The molecule has 0 spiro atoms. The summed E-state index contributed by atoms with van der Waals surface area (Å²) in [6.07, 6.45) is -4.73. The molecule has 0 saturated carbocycles. The van der Waals surface area contributed by atoms with Crippen LogP contribution in [-0.4, -0.2) is 26.2 Å². The van der Waals surface area contributed by atoms with Crippen LogP contribution in [0.3, 0.4) is 0 Å². The number of carbonyl (C=O) groups is 1. The fourth-order valence-corrected chi connectivity index (χ4v) is 7.54. The molecule has 1 heterocycles. The van der Waals surface area contributed by atoms with E-state index < -0.39 is 38.8 Å². The molecule has 0 aliphatic carbocycles. The number of aliphatic imine (C=N–C) groups is 1. The lowest BCUT2D eigenvalue weighted by atomic mass is 10.2. The van der Waals surface area contributed by atoms with Gasteiger partial charge in [-0.2, -0.15) is 24.1 Å². The van der Waals surface area contributed by atoms with Crippen molar-refractivity contribution < 1.29 is 31.1 Å². The summed E-state index contributed by atoms with van der Waals surface area (Å²) in [6, 6.07) is 15.8. The molecule has 1 amide bonds. The van der Waals surface area contributed by atoms with E-state index in [1.54, 1.807) is 12.1 Å². The molecule has 0 radical (unpaired) electrons. The number of ether oxygens (including phenoxy) is 1. The van der Waals surface area contributed by atoms with Crippen LogP contribution in [0.2, 0.25) is 5.02 Å². The molecule has 1 unspecified atom stereocenters. The third-order valence-corrected chi connectivity index (χ3v) is 10.0. The van der Waals surface area contributed by atoms with Crippen LogP contribution in [0.15, 0.2) is 80.3 Å². The molecule has 4 rings (SSSR count). The number of hydrogen-bond donors (Lipinski definition) is 2. The number of amides is 1. The molecule has 0 saturated heterocycles. The summed E-state index contributed by atoms with van der Waals surface area (Å²) in [7, 11) is -5.16. The average molecular weight is 585 g/mol. The zero-order valence-electron chi connectivity index (χ0n) is 20.3. The summed E-state index contributed by atoms with van der Waals surface area (Å²) in [6.45, 7) is 3.67. The maximum absolute atomic E-state index is 13.3. The van der Waals surface area contributed by atoms with Crippen LogP contribution in [0.5, 0.6) is 0 Å². The summed E-state index contributed by atoms with van der Waals surface area (Å²) in [4.78, 5) is 18.0. The number of sulfonamides is 1. The number of hydrogen-bond acceptors (Lipinski definition) is 5. The number of carbonyl (C=O) groups excluding carboxylic acids is 1. The summed E-state index contributed by atoms with van der Waals surface area (Å²) in [5, 5.41) is 0.445. The Kier molecular flexibility index (Phi) is 8.10. The lowest BCUT2D eigenvalue weighted by Gasteiger charge is -2.20. The summed E-state index contributed by atoms with van der Waals surface area (Å²) in [5.74, 6) is 0. The van der Waals surface area contributed by atoms with Crippen molar-refractivity contribution in [2.75, 3.05) is 6.61 Å².